The van der Waals surface area contributed by atoms with Gasteiger partial charge in [-0.1, -0.05) is 12.1 Å². The van der Waals surface area contributed by atoms with Crippen molar-refractivity contribution in [1.29, 1.82) is 5.26 Å². The summed E-state index contributed by atoms with van der Waals surface area (Å²) in [5.41, 5.74) is 1.34. The molecule has 3 amide bonds. The van der Waals surface area contributed by atoms with Gasteiger partial charge >= 0.3 is 6.09 Å². The van der Waals surface area contributed by atoms with Crippen LogP contribution in [0.1, 0.15) is 51.2 Å². The molecule has 2 bridgehead atoms. The molecule has 1 N–H and O–H groups in total. The Labute approximate surface area is 231 Å². The molecule has 0 spiro atoms. The van der Waals surface area contributed by atoms with Crippen molar-refractivity contribution in [2.24, 2.45) is 5.92 Å². The summed E-state index contributed by atoms with van der Waals surface area (Å²) in [5.74, 6) is -2.33. The summed E-state index contributed by atoms with van der Waals surface area (Å²) in [7, 11) is 1.65. The number of piperidine rings is 1. The first kappa shape index (κ1) is 27.6. The number of benzene rings is 2. The lowest BCUT2D eigenvalue weighted by molar-refractivity contribution is -0.128. The quantitative estimate of drug-likeness (QED) is 0.591. The third-order valence-electron chi connectivity index (χ3n) is 7.98. The molecular formula is C30H32F2N4O4. The molecule has 1 aliphatic carbocycles. The Hall–Kier alpha value is -4.00. The first-order valence-electron chi connectivity index (χ1n) is 13.5. The van der Waals surface area contributed by atoms with Gasteiger partial charge in [-0.2, -0.15) is 5.26 Å². The molecule has 2 aromatic rings. The van der Waals surface area contributed by atoms with Crippen LogP contribution in [0.15, 0.2) is 30.3 Å². The highest BCUT2D eigenvalue weighted by Gasteiger charge is 2.52. The molecule has 210 valence electrons. The van der Waals surface area contributed by atoms with E-state index < -0.39 is 41.3 Å². The molecule has 4 atom stereocenters. The van der Waals surface area contributed by atoms with Crippen LogP contribution < -0.4 is 10.2 Å². The number of nitrogens with one attached hydrogen (secondary N) is 1. The average Bonchev–Trinajstić information content (AvgIpc) is 3.57. The monoisotopic (exact) mass is 550 g/mol. The Morgan fingerprint density at radius 3 is 2.50 bits per heavy atom. The number of halogens is 2. The number of nitrogens with zero attached hydrogens (tertiary/aromatic N) is 3. The topological polar surface area (TPSA) is 103 Å². The third kappa shape index (κ3) is 5.12. The van der Waals surface area contributed by atoms with Gasteiger partial charge in [0.2, 0.25) is 11.8 Å². The second kappa shape index (κ2) is 10.2. The van der Waals surface area contributed by atoms with Gasteiger partial charge in [0.15, 0.2) is 0 Å². The molecule has 5 rings (SSSR count). The molecule has 0 radical (unpaired) electrons. The van der Waals surface area contributed by atoms with Gasteiger partial charge < -0.3 is 15.0 Å². The molecule has 10 heteroatoms. The van der Waals surface area contributed by atoms with E-state index in [1.807, 2.05) is 6.07 Å². The van der Waals surface area contributed by atoms with E-state index in [0.29, 0.717) is 23.2 Å². The number of anilines is 1. The van der Waals surface area contributed by atoms with E-state index in [0.717, 1.165) is 18.4 Å². The lowest BCUT2D eigenvalue weighted by Crippen LogP contribution is -2.55. The fraction of sp³-hybridized carbons (Fsp3) is 0.467. The number of carbonyl (C=O) groups excluding carboxylic acids is 3. The zero-order valence-electron chi connectivity index (χ0n) is 23.0. The summed E-state index contributed by atoms with van der Waals surface area (Å²) in [6.45, 7) is 5.24. The molecule has 1 saturated carbocycles. The Bertz CT molecular complexity index is 1410. The van der Waals surface area contributed by atoms with E-state index >= 15 is 8.78 Å². The smallest absolute Gasteiger partial charge is 0.411 e. The highest BCUT2D eigenvalue weighted by atomic mass is 19.1. The van der Waals surface area contributed by atoms with Crippen molar-refractivity contribution in [2.45, 2.75) is 76.6 Å². The van der Waals surface area contributed by atoms with Crippen molar-refractivity contribution < 1.29 is 27.9 Å². The summed E-state index contributed by atoms with van der Waals surface area (Å²) in [6, 6.07) is 7.39. The van der Waals surface area contributed by atoms with Crippen LogP contribution in [0.4, 0.5) is 19.3 Å². The van der Waals surface area contributed by atoms with Gasteiger partial charge in [0, 0.05) is 30.8 Å². The lowest BCUT2D eigenvalue weighted by Gasteiger charge is -2.35. The predicted molar refractivity (Wildman–Crippen MR) is 143 cm³/mol. The van der Waals surface area contributed by atoms with Gasteiger partial charge in [0.05, 0.1) is 12.5 Å². The van der Waals surface area contributed by atoms with Gasteiger partial charge in [0.1, 0.15) is 29.3 Å². The highest BCUT2D eigenvalue weighted by molar-refractivity contribution is 6.01. The molecule has 1 unspecified atom stereocenters. The predicted octanol–water partition coefficient (Wildman–Crippen LogP) is 4.49. The number of fused-ring (bicyclic) bond motifs is 3. The third-order valence-corrected chi connectivity index (χ3v) is 7.98. The average molecular weight is 551 g/mol. The SMILES string of the molecule is CN1C(=O)Cc2ccc(-c3cc(F)c(CC(C#N)NC(=O)[C@@H]4[C@H]5CC[C@H](C5)N4C(=O)OC(C)(C)C)c(F)c3)cc21. The Balaban J connectivity index is 1.32. The van der Waals surface area contributed by atoms with Crippen LogP contribution in [-0.2, 0) is 27.2 Å². The molecule has 2 aromatic carbocycles. The number of likely N-dealkylation sites (N-methyl/N-ethyl adjacent to an activating group) is 1. The minimum absolute atomic E-state index is 0.0518. The zero-order chi connectivity index (χ0) is 28.9. The Morgan fingerprint density at radius 1 is 1.15 bits per heavy atom. The number of hydrogen-bond acceptors (Lipinski definition) is 5. The van der Waals surface area contributed by atoms with Crippen LogP contribution in [0, 0.1) is 28.9 Å². The maximum atomic E-state index is 15.2. The van der Waals surface area contributed by atoms with Crippen LogP contribution in [0.5, 0.6) is 0 Å². The highest BCUT2D eigenvalue weighted by Crippen LogP contribution is 2.43. The van der Waals surface area contributed by atoms with Crippen molar-refractivity contribution in [3.8, 4) is 17.2 Å². The molecule has 0 aromatic heterocycles. The number of ether oxygens (including phenoxy) is 1. The van der Waals surface area contributed by atoms with Crippen molar-refractivity contribution in [3.05, 3.63) is 53.1 Å². The van der Waals surface area contributed by atoms with E-state index in [4.69, 9.17) is 4.74 Å². The minimum atomic E-state index is -1.21. The van der Waals surface area contributed by atoms with Crippen LogP contribution in [0.3, 0.4) is 0 Å². The second-order valence-corrected chi connectivity index (χ2v) is 11.8. The number of nitriles is 1. The largest absolute Gasteiger partial charge is 0.444 e. The minimum Gasteiger partial charge on any atom is -0.444 e. The lowest BCUT2D eigenvalue weighted by atomic mass is 9.96. The van der Waals surface area contributed by atoms with Crippen molar-refractivity contribution in [1.82, 2.24) is 10.2 Å². The van der Waals surface area contributed by atoms with Crippen molar-refractivity contribution in [3.63, 3.8) is 0 Å². The summed E-state index contributed by atoms with van der Waals surface area (Å²) >= 11 is 0. The van der Waals surface area contributed by atoms with Crippen molar-refractivity contribution >= 4 is 23.6 Å². The first-order chi connectivity index (χ1) is 18.9. The number of rotatable bonds is 5. The van der Waals surface area contributed by atoms with Crippen LogP contribution >= 0.6 is 0 Å². The Morgan fingerprint density at radius 2 is 1.85 bits per heavy atom. The zero-order valence-corrected chi connectivity index (χ0v) is 23.0. The molecule has 2 heterocycles. The van der Waals surface area contributed by atoms with Gasteiger partial charge in [-0.15, -0.1) is 0 Å². The maximum Gasteiger partial charge on any atom is 0.411 e. The van der Waals surface area contributed by atoms with Gasteiger partial charge in [0.25, 0.3) is 0 Å². The molecule has 3 aliphatic rings. The van der Waals surface area contributed by atoms with E-state index in [1.54, 1.807) is 46.0 Å². The summed E-state index contributed by atoms with van der Waals surface area (Å²) in [6.07, 6.45) is 1.54. The fourth-order valence-electron chi connectivity index (χ4n) is 6.08. The van der Waals surface area contributed by atoms with Gasteiger partial charge in [-0.05, 0) is 80.8 Å². The fourth-order valence-corrected chi connectivity index (χ4v) is 6.08. The van der Waals surface area contributed by atoms with Crippen molar-refractivity contribution in [2.75, 3.05) is 11.9 Å². The summed E-state index contributed by atoms with van der Waals surface area (Å²) in [4.78, 5) is 41.2. The summed E-state index contributed by atoms with van der Waals surface area (Å²) in [5, 5.41) is 12.3. The van der Waals surface area contributed by atoms with Crippen LogP contribution in [0.25, 0.3) is 11.1 Å². The van der Waals surface area contributed by atoms with Crippen LogP contribution in [0.2, 0.25) is 0 Å². The maximum absolute atomic E-state index is 15.2. The molecular weight excluding hydrogens is 518 g/mol. The van der Waals surface area contributed by atoms with Gasteiger partial charge in [-0.3, -0.25) is 14.5 Å². The molecule has 2 aliphatic heterocycles. The van der Waals surface area contributed by atoms with Crippen LogP contribution in [-0.4, -0.2) is 53.6 Å². The number of carbonyl (C=O) groups is 3. The van der Waals surface area contributed by atoms with Gasteiger partial charge in [-0.25, -0.2) is 13.6 Å². The number of likely N-dealkylation sites (tertiary alicyclic amines) is 1. The molecule has 40 heavy (non-hydrogen) atoms. The second-order valence-electron chi connectivity index (χ2n) is 11.8. The number of hydrogen-bond donors (Lipinski definition) is 1. The molecule has 1 saturated heterocycles. The normalized spacial score (nSPS) is 22.2. The first-order valence-corrected chi connectivity index (χ1v) is 13.5. The van der Waals surface area contributed by atoms with E-state index in [2.05, 4.69) is 5.32 Å². The molecule has 2 fully saturated rings. The van der Waals surface area contributed by atoms with E-state index in [1.165, 1.54) is 21.9 Å². The summed E-state index contributed by atoms with van der Waals surface area (Å²) < 4.78 is 35.9. The molecule has 8 nitrogen and oxygen atoms in total. The standard InChI is InChI=1S/C30H32F2N4O4/c1-30(2,3)40-29(39)36-21-8-7-18(9-21)27(36)28(38)34-20(15-33)14-22-23(31)10-19(11-24(22)32)16-5-6-17-13-26(37)35(4)25(17)12-16/h5-6,10-12,18,20-21,27H,7-9,13-14H2,1-4H3,(H,34,38)/t18-,20?,21+,27-/m0/s1. The Kier molecular flexibility index (Phi) is 7.02. The number of amides is 3. The van der Waals surface area contributed by atoms with E-state index in [9.17, 15) is 19.6 Å². The van der Waals surface area contributed by atoms with E-state index in [-0.39, 0.29) is 36.3 Å².